The van der Waals surface area contributed by atoms with Crippen LogP contribution in [0.3, 0.4) is 0 Å². The molecule has 1 unspecified atom stereocenters. The van der Waals surface area contributed by atoms with Crippen molar-refractivity contribution in [1.82, 2.24) is 14.5 Å². The van der Waals surface area contributed by atoms with Crippen molar-refractivity contribution in [3.63, 3.8) is 0 Å². The summed E-state index contributed by atoms with van der Waals surface area (Å²) in [5.74, 6) is 0.246. The van der Waals surface area contributed by atoms with E-state index in [1.165, 1.54) is 6.07 Å². The first kappa shape index (κ1) is 16.2. The second-order valence-electron chi connectivity index (χ2n) is 4.82. The maximum Gasteiger partial charge on any atom is 0.245 e. The molecule has 0 saturated heterocycles. The Hall–Kier alpha value is -1.14. The lowest BCUT2D eigenvalue weighted by atomic mass is 10.2. The highest BCUT2D eigenvalue weighted by Gasteiger charge is 2.24. The van der Waals surface area contributed by atoms with Crippen LogP contribution >= 0.6 is 27.5 Å². The van der Waals surface area contributed by atoms with Gasteiger partial charge in [0.25, 0.3) is 0 Å². The van der Waals surface area contributed by atoms with Gasteiger partial charge in [-0.25, -0.2) is 9.37 Å². The second-order valence-corrected chi connectivity index (χ2v) is 5.94. The maximum atomic E-state index is 13.8. The summed E-state index contributed by atoms with van der Waals surface area (Å²) in [6.45, 7) is 4.27. The Morgan fingerprint density at radius 2 is 2.24 bits per heavy atom. The van der Waals surface area contributed by atoms with Crippen LogP contribution in [0.1, 0.15) is 25.7 Å². The van der Waals surface area contributed by atoms with E-state index in [1.807, 2.05) is 6.92 Å². The third-order valence-corrected chi connectivity index (χ3v) is 4.37. The van der Waals surface area contributed by atoms with Gasteiger partial charge in [0.05, 0.1) is 21.4 Å². The predicted octanol–water partition coefficient (Wildman–Crippen LogP) is 3.72. The zero-order valence-electron chi connectivity index (χ0n) is 12.0. The van der Waals surface area contributed by atoms with Gasteiger partial charge in [0.2, 0.25) is 5.91 Å². The van der Waals surface area contributed by atoms with Crippen LogP contribution < -0.4 is 0 Å². The average molecular weight is 377 g/mol. The maximum absolute atomic E-state index is 13.8. The molecule has 1 aromatic heterocycles. The third-order valence-electron chi connectivity index (χ3n) is 3.52. The Balaban J connectivity index is 2.61. The SMILES string of the molecule is CCN(C)C(=O)C(C)n1c(CCl)nc2cc(Br)c(F)cc21. The summed E-state index contributed by atoms with van der Waals surface area (Å²) in [4.78, 5) is 18.4. The fourth-order valence-electron chi connectivity index (χ4n) is 2.25. The molecular weight excluding hydrogens is 361 g/mol. The topological polar surface area (TPSA) is 38.1 Å². The standard InChI is InChI=1S/C14H16BrClFN3O/c1-4-19(3)14(21)8(2)20-12-6-10(17)9(15)5-11(12)18-13(20)7-16/h5-6,8H,4,7H2,1-3H3. The van der Waals surface area contributed by atoms with Gasteiger partial charge < -0.3 is 9.47 Å². The summed E-state index contributed by atoms with van der Waals surface area (Å²) < 4.78 is 15.9. The van der Waals surface area contributed by atoms with Crippen LogP contribution in [0.15, 0.2) is 16.6 Å². The van der Waals surface area contributed by atoms with Crippen molar-refractivity contribution in [2.24, 2.45) is 0 Å². The van der Waals surface area contributed by atoms with Crippen LogP contribution in [0.25, 0.3) is 11.0 Å². The molecule has 1 heterocycles. The zero-order chi connectivity index (χ0) is 15.7. The van der Waals surface area contributed by atoms with E-state index >= 15 is 0 Å². The van der Waals surface area contributed by atoms with Gasteiger partial charge >= 0.3 is 0 Å². The summed E-state index contributed by atoms with van der Waals surface area (Å²) in [6, 6.07) is 2.48. The molecule has 2 rings (SSSR count). The fraction of sp³-hybridized carbons (Fsp3) is 0.429. The lowest BCUT2D eigenvalue weighted by Gasteiger charge is -2.22. The lowest BCUT2D eigenvalue weighted by molar-refractivity contribution is -0.132. The first-order valence-electron chi connectivity index (χ1n) is 6.57. The van der Waals surface area contributed by atoms with E-state index in [-0.39, 0.29) is 11.8 Å². The molecule has 0 aliphatic rings. The highest BCUT2D eigenvalue weighted by atomic mass is 79.9. The number of hydrogen-bond donors (Lipinski definition) is 0. The molecule has 1 amide bonds. The van der Waals surface area contributed by atoms with Gasteiger partial charge in [-0.2, -0.15) is 0 Å². The summed E-state index contributed by atoms with van der Waals surface area (Å²) in [5, 5.41) is 0. The van der Waals surface area contributed by atoms with Crippen LogP contribution in [-0.4, -0.2) is 34.0 Å². The molecule has 1 aromatic carbocycles. The number of carbonyl (C=O) groups excluding carboxylic acids is 1. The Labute approximate surface area is 136 Å². The van der Waals surface area contributed by atoms with Crippen LogP contribution in [0.2, 0.25) is 0 Å². The molecule has 1 atom stereocenters. The average Bonchev–Trinajstić information content (AvgIpc) is 2.82. The smallest absolute Gasteiger partial charge is 0.245 e. The highest BCUT2D eigenvalue weighted by molar-refractivity contribution is 9.10. The van der Waals surface area contributed by atoms with Crippen molar-refractivity contribution in [3.8, 4) is 0 Å². The van der Waals surface area contributed by atoms with Crippen LogP contribution in [0, 0.1) is 5.82 Å². The van der Waals surface area contributed by atoms with Crippen molar-refractivity contribution >= 4 is 44.5 Å². The van der Waals surface area contributed by atoms with Crippen molar-refractivity contribution in [3.05, 3.63) is 28.2 Å². The largest absolute Gasteiger partial charge is 0.344 e. The Morgan fingerprint density at radius 1 is 1.57 bits per heavy atom. The van der Waals surface area contributed by atoms with Gasteiger partial charge in [0, 0.05) is 19.7 Å². The van der Waals surface area contributed by atoms with E-state index in [4.69, 9.17) is 11.6 Å². The van der Waals surface area contributed by atoms with E-state index in [9.17, 15) is 9.18 Å². The van der Waals surface area contributed by atoms with Gasteiger partial charge in [-0.15, -0.1) is 11.6 Å². The molecule has 0 fully saturated rings. The van der Waals surface area contributed by atoms with E-state index in [0.717, 1.165) is 0 Å². The van der Waals surface area contributed by atoms with Crippen molar-refractivity contribution in [2.75, 3.05) is 13.6 Å². The van der Waals surface area contributed by atoms with Crippen LogP contribution in [0.4, 0.5) is 4.39 Å². The molecule has 21 heavy (non-hydrogen) atoms. The zero-order valence-corrected chi connectivity index (χ0v) is 14.4. The number of halogens is 3. The first-order valence-corrected chi connectivity index (χ1v) is 7.90. The number of likely N-dealkylation sites (N-methyl/N-ethyl adjacent to an activating group) is 1. The number of aromatic nitrogens is 2. The summed E-state index contributed by atoms with van der Waals surface area (Å²) >= 11 is 9.07. The Bertz CT molecular complexity index is 688. The molecule has 0 saturated carbocycles. The lowest BCUT2D eigenvalue weighted by Crippen LogP contribution is -2.33. The number of benzene rings is 1. The van der Waals surface area contributed by atoms with Crippen molar-refractivity contribution in [2.45, 2.75) is 25.8 Å². The highest BCUT2D eigenvalue weighted by Crippen LogP contribution is 2.28. The quantitative estimate of drug-likeness (QED) is 0.763. The molecule has 0 aliphatic heterocycles. The number of carbonyl (C=O) groups is 1. The number of alkyl halides is 1. The number of imidazole rings is 1. The van der Waals surface area contributed by atoms with E-state index < -0.39 is 11.9 Å². The van der Waals surface area contributed by atoms with E-state index in [2.05, 4.69) is 20.9 Å². The number of fused-ring (bicyclic) bond motifs is 1. The second kappa shape index (κ2) is 6.32. The molecule has 7 heteroatoms. The van der Waals surface area contributed by atoms with Crippen molar-refractivity contribution < 1.29 is 9.18 Å². The van der Waals surface area contributed by atoms with Gasteiger partial charge in [-0.05, 0) is 35.8 Å². The molecular formula is C14H16BrClFN3O. The van der Waals surface area contributed by atoms with Gasteiger partial charge in [-0.3, -0.25) is 4.79 Å². The number of hydrogen-bond acceptors (Lipinski definition) is 2. The number of nitrogens with zero attached hydrogens (tertiary/aromatic N) is 3. The minimum absolute atomic E-state index is 0.0634. The number of amides is 1. The predicted molar refractivity (Wildman–Crippen MR) is 85.0 cm³/mol. The minimum Gasteiger partial charge on any atom is -0.344 e. The fourth-order valence-corrected chi connectivity index (χ4v) is 2.77. The molecule has 114 valence electrons. The van der Waals surface area contributed by atoms with E-state index in [1.54, 1.807) is 29.5 Å². The molecule has 2 aromatic rings. The summed E-state index contributed by atoms with van der Waals surface area (Å²) in [7, 11) is 1.73. The monoisotopic (exact) mass is 375 g/mol. The van der Waals surface area contributed by atoms with Crippen LogP contribution in [-0.2, 0) is 10.7 Å². The normalized spacial score (nSPS) is 12.7. The molecule has 0 radical (unpaired) electrons. The van der Waals surface area contributed by atoms with Gasteiger partial charge in [-0.1, -0.05) is 0 Å². The van der Waals surface area contributed by atoms with E-state index in [0.29, 0.717) is 27.9 Å². The molecule has 0 spiro atoms. The molecule has 0 aliphatic carbocycles. The summed E-state index contributed by atoms with van der Waals surface area (Å²) in [5.41, 5.74) is 1.18. The number of rotatable bonds is 4. The molecule has 4 nitrogen and oxygen atoms in total. The first-order chi connectivity index (χ1) is 9.90. The third kappa shape index (κ3) is 2.92. The Morgan fingerprint density at radius 3 is 2.81 bits per heavy atom. The molecule has 0 bridgehead atoms. The van der Waals surface area contributed by atoms with Gasteiger partial charge in [0.15, 0.2) is 0 Å². The summed E-state index contributed by atoms with van der Waals surface area (Å²) in [6.07, 6.45) is 0. The Kier molecular flexibility index (Phi) is 4.88. The van der Waals surface area contributed by atoms with Gasteiger partial charge in [0.1, 0.15) is 17.7 Å². The van der Waals surface area contributed by atoms with Crippen LogP contribution in [0.5, 0.6) is 0 Å². The van der Waals surface area contributed by atoms with Crippen molar-refractivity contribution in [1.29, 1.82) is 0 Å². The minimum atomic E-state index is -0.491. The molecule has 0 N–H and O–H groups in total.